The van der Waals surface area contributed by atoms with Crippen molar-refractivity contribution in [3.63, 3.8) is 0 Å². The van der Waals surface area contributed by atoms with E-state index in [-0.39, 0.29) is 0 Å². The summed E-state index contributed by atoms with van der Waals surface area (Å²) in [6, 6.07) is 8.30. The number of benzene rings is 1. The predicted octanol–water partition coefficient (Wildman–Crippen LogP) is 4.31. The number of ether oxygens (including phenoxy) is 2. The van der Waals surface area contributed by atoms with Gasteiger partial charge >= 0.3 is 0 Å². The molecule has 0 saturated carbocycles. The van der Waals surface area contributed by atoms with Crippen LogP contribution in [0, 0.1) is 5.92 Å². The zero-order valence-corrected chi connectivity index (χ0v) is 19.4. The van der Waals surface area contributed by atoms with Gasteiger partial charge in [0.25, 0.3) is 0 Å². The molecule has 7 nitrogen and oxygen atoms in total. The number of fused-ring (bicyclic) bond motifs is 3. The molecule has 1 aromatic carbocycles. The molecule has 0 bridgehead atoms. The molecule has 0 radical (unpaired) electrons. The number of rotatable bonds is 6. The highest BCUT2D eigenvalue weighted by Crippen LogP contribution is 2.39. The van der Waals surface area contributed by atoms with Crippen molar-refractivity contribution in [3.8, 4) is 5.75 Å². The second-order valence-corrected chi connectivity index (χ2v) is 9.21. The lowest BCUT2D eigenvalue weighted by molar-refractivity contribution is 0.176. The molecular weight excluding hydrogens is 428 g/mol. The van der Waals surface area contributed by atoms with Crippen LogP contribution in [0.25, 0.3) is 0 Å². The van der Waals surface area contributed by atoms with Crippen molar-refractivity contribution < 1.29 is 14.6 Å². The Labute approximate surface area is 199 Å². The summed E-state index contributed by atoms with van der Waals surface area (Å²) in [7, 11) is 1.73. The molecular formula is C27H30N4O3. The van der Waals surface area contributed by atoms with E-state index in [4.69, 9.17) is 9.47 Å². The number of nitrogens with one attached hydrogen (secondary N) is 2. The van der Waals surface area contributed by atoms with Crippen molar-refractivity contribution in [1.82, 2.24) is 10.3 Å². The van der Waals surface area contributed by atoms with Gasteiger partial charge in [-0.05, 0) is 61.1 Å². The molecule has 2 unspecified atom stereocenters. The van der Waals surface area contributed by atoms with Crippen LogP contribution in [0.3, 0.4) is 0 Å². The predicted molar refractivity (Wildman–Crippen MR) is 132 cm³/mol. The molecule has 0 fully saturated rings. The molecule has 176 valence electrons. The summed E-state index contributed by atoms with van der Waals surface area (Å²) in [6.07, 6.45) is 11.3. The van der Waals surface area contributed by atoms with E-state index in [1.165, 1.54) is 11.3 Å². The fraction of sp³-hybridized carbons (Fsp3) is 0.370. The van der Waals surface area contributed by atoms with Crippen molar-refractivity contribution in [2.45, 2.75) is 31.8 Å². The summed E-state index contributed by atoms with van der Waals surface area (Å²) in [5, 5.41) is 17.1. The Morgan fingerprint density at radius 1 is 1.32 bits per heavy atom. The Morgan fingerprint density at radius 2 is 2.26 bits per heavy atom. The van der Waals surface area contributed by atoms with Gasteiger partial charge in [0.15, 0.2) is 0 Å². The van der Waals surface area contributed by atoms with Crippen LogP contribution < -0.4 is 20.3 Å². The van der Waals surface area contributed by atoms with Crippen molar-refractivity contribution in [2.75, 3.05) is 37.0 Å². The van der Waals surface area contributed by atoms with E-state index >= 15 is 0 Å². The highest BCUT2D eigenvalue weighted by Gasteiger charge is 2.29. The molecule has 1 aromatic heterocycles. The first kappa shape index (κ1) is 21.1. The minimum Gasteiger partial charge on any atom is -0.495 e. The van der Waals surface area contributed by atoms with Gasteiger partial charge in [0.1, 0.15) is 18.1 Å². The fourth-order valence-electron chi connectivity index (χ4n) is 5.49. The average Bonchev–Trinajstić information content (AvgIpc) is 3.46. The third-order valence-electron chi connectivity index (χ3n) is 7.28. The number of aliphatic hydroxyl groups is 1. The van der Waals surface area contributed by atoms with Gasteiger partial charge in [-0.3, -0.25) is 4.98 Å². The maximum atomic E-state index is 10.1. The third-order valence-corrected chi connectivity index (χ3v) is 7.28. The summed E-state index contributed by atoms with van der Waals surface area (Å²) < 4.78 is 11.6. The summed E-state index contributed by atoms with van der Waals surface area (Å²) >= 11 is 0. The van der Waals surface area contributed by atoms with E-state index in [2.05, 4.69) is 57.1 Å². The molecule has 0 spiro atoms. The Bertz CT molecular complexity index is 1200. The number of allylic oxidation sites excluding steroid dienone is 3. The van der Waals surface area contributed by atoms with E-state index in [9.17, 15) is 5.11 Å². The van der Waals surface area contributed by atoms with Crippen LogP contribution in [0.15, 0.2) is 65.8 Å². The third kappa shape index (κ3) is 3.70. The SMILES string of the molecule is COC1=C2NC=C(CCN3CCOc4cc(Nc5ccnc6c5CCC6O)ccc43)C2CC=C1. The summed E-state index contributed by atoms with van der Waals surface area (Å²) in [5.74, 6) is 2.24. The van der Waals surface area contributed by atoms with Crippen molar-refractivity contribution >= 4 is 17.1 Å². The highest BCUT2D eigenvalue weighted by molar-refractivity contribution is 5.71. The molecule has 2 atom stereocenters. The zero-order valence-electron chi connectivity index (χ0n) is 19.4. The number of nitrogens with zero attached hydrogens (tertiary/aromatic N) is 2. The maximum absolute atomic E-state index is 10.1. The van der Waals surface area contributed by atoms with Gasteiger partial charge in [-0.25, -0.2) is 0 Å². The van der Waals surface area contributed by atoms with Crippen molar-refractivity contribution in [3.05, 3.63) is 77.1 Å². The van der Waals surface area contributed by atoms with E-state index in [0.29, 0.717) is 12.5 Å². The van der Waals surface area contributed by atoms with Gasteiger partial charge < -0.3 is 30.1 Å². The second-order valence-electron chi connectivity index (χ2n) is 9.21. The minimum atomic E-state index is -0.459. The van der Waals surface area contributed by atoms with E-state index in [0.717, 1.165) is 78.6 Å². The molecule has 6 rings (SSSR count). The Kier molecular flexibility index (Phi) is 5.41. The molecule has 34 heavy (non-hydrogen) atoms. The van der Waals surface area contributed by atoms with Crippen LogP contribution in [-0.4, -0.2) is 36.9 Å². The number of hydrogen-bond acceptors (Lipinski definition) is 7. The molecule has 2 aromatic rings. The van der Waals surface area contributed by atoms with Crippen LogP contribution in [0.2, 0.25) is 0 Å². The van der Waals surface area contributed by atoms with Crippen LogP contribution in [0.4, 0.5) is 17.1 Å². The van der Waals surface area contributed by atoms with Crippen molar-refractivity contribution in [1.29, 1.82) is 0 Å². The van der Waals surface area contributed by atoms with Gasteiger partial charge in [-0.1, -0.05) is 6.08 Å². The standard InChI is InChI=1S/C27H30N4O3/c1-33-24-4-2-3-19-17(16-29-27(19)24)10-12-31-13-14-34-25-15-18(5-7-22(25)31)30-21-9-11-28-26-20(21)6-8-23(26)32/h2,4-5,7,9,11,15-16,19,23,29,32H,3,6,8,10,12-14H2,1H3,(H,28,30). The van der Waals surface area contributed by atoms with Gasteiger partial charge in [0.05, 0.1) is 36.8 Å². The molecule has 7 heteroatoms. The molecule has 2 aliphatic heterocycles. The lowest BCUT2D eigenvalue weighted by Crippen LogP contribution is -2.33. The van der Waals surface area contributed by atoms with Gasteiger partial charge in [-0.15, -0.1) is 0 Å². The van der Waals surface area contributed by atoms with E-state index in [1.54, 1.807) is 13.3 Å². The van der Waals surface area contributed by atoms with Gasteiger partial charge in [0, 0.05) is 42.3 Å². The maximum Gasteiger partial charge on any atom is 0.144 e. The number of hydrogen-bond donors (Lipinski definition) is 3. The zero-order chi connectivity index (χ0) is 23.1. The number of aliphatic hydroxyl groups excluding tert-OH is 1. The Balaban J connectivity index is 1.15. The number of methoxy groups -OCH3 is 1. The summed E-state index contributed by atoms with van der Waals surface area (Å²) in [6.45, 7) is 2.50. The van der Waals surface area contributed by atoms with E-state index < -0.39 is 6.10 Å². The first-order chi connectivity index (χ1) is 16.7. The van der Waals surface area contributed by atoms with Crippen LogP contribution in [0.5, 0.6) is 5.75 Å². The second kappa shape index (κ2) is 8.72. The lowest BCUT2D eigenvalue weighted by Gasteiger charge is -2.32. The highest BCUT2D eigenvalue weighted by atomic mass is 16.5. The van der Waals surface area contributed by atoms with Crippen LogP contribution in [-0.2, 0) is 11.2 Å². The van der Waals surface area contributed by atoms with E-state index in [1.807, 2.05) is 6.07 Å². The number of pyridine rings is 1. The average molecular weight is 459 g/mol. The number of anilines is 3. The minimum absolute atomic E-state index is 0.396. The summed E-state index contributed by atoms with van der Waals surface area (Å²) in [5.41, 5.74) is 7.64. The monoisotopic (exact) mass is 458 g/mol. The molecule has 2 aliphatic carbocycles. The molecule has 0 saturated heterocycles. The van der Waals surface area contributed by atoms with Crippen LogP contribution >= 0.6 is 0 Å². The Morgan fingerprint density at radius 3 is 3.18 bits per heavy atom. The quantitative estimate of drug-likeness (QED) is 0.595. The fourth-order valence-corrected chi connectivity index (χ4v) is 5.49. The largest absolute Gasteiger partial charge is 0.495 e. The molecule has 0 amide bonds. The first-order valence-electron chi connectivity index (χ1n) is 12.1. The van der Waals surface area contributed by atoms with Gasteiger partial charge in [0.2, 0.25) is 0 Å². The lowest BCUT2D eigenvalue weighted by atomic mass is 9.89. The first-order valence-corrected chi connectivity index (χ1v) is 12.1. The Hall–Kier alpha value is -3.45. The molecule has 3 heterocycles. The number of aromatic nitrogens is 1. The van der Waals surface area contributed by atoms with Crippen molar-refractivity contribution in [2.24, 2.45) is 5.92 Å². The normalized spacial score (nSPS) is 22.4. The van der Waals surface area contributed by atoms with Gasteiger partial charge in [-0.2, -0.15) is 0 Å². The summed E-state index contributed by atoms with van der Waals surface area (Å²) in [4.78, 5) is 6.78. The topological polar surface area (TPSA) is 78.9 Å². The van der Waals surface area contributed by atoms with Crippen LogP contribution in [0.1, 0.15) is 36.6 Å². The smallest absolute Gasteiger partial charge is 0.144 e. The molecule has 4 aliphatic rings. The molecule has 3 N–H and O–H groups in total.